The van der Waals surface area contributed by atoms with Gasteiger partial charge in [-0.1, -0.05) is 34.1 Å². The van der Waals surface area contributed by atoms with Crippen molar-refractivity contribution in [3.8, 4) is 0 Å². The predicted octanol–water partition coefficient (Wildman–Crippen LogP) is 4.21. The summed E-state index contributed by atoms with van der Waals surface area (Å²) in [7, 11) is 0. The van der Waals surface area contributed by atoms with Crippen LogP contribution in [0.25, 0.3) is 0 Å². The summed E-state index contributed by atoms with van der Waals surface area (Å²) in [5.74, 6) is -1.62. The first-order chi connectivity index (χ1) is 9.29. The van der Waals surface area contributed by atoms with Gasteiger partial charge in [-0.15, -0.1) is 11.3 Å². The number of hydrogen-bond acceptors (Lipinski definition) is 3. The molecule has 0 amide bonds. The average molecular weight is 366 g/mol. The third-order valence-electron chi connectivity index (χ3n) is 2.43. The van der Waals surface area contributed by atoms with Crippen LogP contribution in [0.5, 0.6) is 0 Å². The molecule has 1 heterocycles. The van der Waals surface area contributed by atoms with Crippen LogP contribution in [0, 0.1) is 0 Å². The fraction of sp³-hybridized carbons (Fsp3) is 0.167. The van der Waals surface area contributed by atoms with Gasteiger partial charge in [-0.3, -0.25) is 0 Å². The molecule has 0 saturated heterocycles. The third-order valence-corrected chi connectivity index (χ3v) is 4.25. The Bertz CT molecular complexity index is 654. The molecule has 2 rings (SSSR count). The molecule has 3 nitrogen and oxygen atoms in total. The number of carbonyl (C=O) groups is 1. The van der Waals surface area contributed by atoms with Gasteiger partial charge in [0.25, 0.3) is 0 Å². The van der Waals surface area contributed by atoms with Gasteiger partial charge in [-0.05, 0) is 11.6 Å². The van der Waals surface area contributed by atoms with E-state index < -0.39 is 22.7 Å². The Morgan fingerprint density at radius 2 is 2.00 bits per heavy atom. The second kappa shape index (κ2) is 5.53. The monoisotopic (exact) mass is 365 g/mol. The van der Waals surface area contributed by atoms with Crippen molar-refractivity contribution in [1.29, 1.82) is 0 Å². The van der Waals surface area contributed by atoms with Crippen molar-refractivity contribution in [1.82, 2.24) is 4.98 Å². The maximum atomic E-state index is 12.7. The van der Waals surface area contributed by atoms with E-state index in [1.807, 2.05) is 0 Å². The van der Waals surface area contributed by atoms with E-state index in [1.165, 1.54) is 0 Å². The second-order valence-corrected chi connectivity index (χ2v) is 5.79. The SMILES string of the molecule is O=C(O)c1sc(Cc2ccccc2Br)nc1C(F)(F)F. The van der Waals surface area contributed by atoms with E-state index in [2.05, 4.69) is 20.9 Å². The van der Waals surface area contributed by atoms with Crippen LogP contribution in [-0.4, -0.2) is 16.1 Å². The van der Waals surface area contributed by atoms with Crippen molar-refractivity contribution in [3.63, 3.8) is 0 Å². The molecule has 20 heavy (non-hydrogen) atoms. The van der Waals surface area contributed by atoms with Crippen LogP contribution in [0.3, 0.4) is 0 Å². The minimum Gasteiger partial charge on any atom is -0.477 e. The highest BCUT2D eigenvalue weighted by Crippen LogP contribution is 2.35. The van der Waals surface area contributed by atoms with E-state index in [4.69, 9.17) is 5.11 Å². The number of thiazole rings is 1. The lowest BCUT2D eigenvalue weighted by atomic mass is 10.2. The van der Waals surface area contributed by atoms with Crippen molar-refractivity contribution in [3.05, 3.63) is 49.9 Å². The summed E-state index contributed by atoms with van der Waals surface area (Å²) >= 11 is 3.83. The quantitative estimate of drug-likeness (QED) is 0.885. The van der Waals surface area contributed by atoms with Crippen LogP contribution in [0.2, 0.25) is 0 Å². The van der Waals surface area contributed by atoms with Crippen molar-refractivity contribution in [2.24, 2.45) is 0 Å². The molecule has 0 atom stereocenters. The molecule has 106 valence electrons. The smallest absolute Gasteiger partial charge is 0.435 e. The van der Waals surface area contributed by atoms with Gasteiger partial charge in [0.05, 0.1) is 5.01 Å². The highest BCUT2D eigenvalue weighted by molar-refractivity contribution is 9.10. The number of carboxylic acids is 1. The zero-order chi connectivity index (χ0) is 14.9. The molecule has 0 radical (unpaired) electrons. The lowest BCUT2D eigenvalue weighted by Gasteiger charge is -2.03. The second-order valence-electron chi connectivity index (χ2n) is 3.86. The molecule has 0 unspecified atom stereocenters. The summed E-state index contributed by atoms with van der Waals surface area (Å²) < 4.78 is 38.9. The largest absolute Gasteiger partial charge is 0.477 e. The topological polar surface area (TPSA) is 50.2 Å². The molecule has 8 heteroatoms. The Morgan fingerprint density at radius 3 is 2.50 bits per heavy atom. The van der Waals surface area contributed by atoms with Gasteiger partial charge in [0.2, 0.25) is 0 Å². The molecule has 0 bridgehead atoms. The number of benzene rings is 1. The van der Waals surface area contributed by atoms with Crippen molar-refractivity contribution < 1.29 is 23.1 Å². The number of hydrogen-bond donors (Lipinski definition) is 1. The molecule has 0 aliphatic heterocycles. The van der Waals surface area contributed by atoms with Crippen LogP contribution >= 0.6 is 27.3 Å². The van der Waals surface area contributed by atoms with Gasteiger partial charge in [0.15, 0.2) is 5.69 Å². The minimum absolute atomic E-state index is 0.113. The zero-order valence-electron chi connectivity index (χ0n) is 9.74. The summed E-state index contributed by atoms with van der Waals surface area (Å²) in [6.45, 7) is 0. The highest BCUT2D eigenvalue weighted by Gasteiger charge is 2.39. The van der Waals surface area contributed by atoms with Gasteiger partial charge in [0.1, 0.15) is 4.88 Å². The van der Waals surface area contributed by atoms with Crippen molar-refractivity contribution in [2.75, 3.05) is 0 Å². The van der Waals surface area contributed by atoms with E-state index >= 15 is 0 Å². The van der Waals surface area contributed by atoms with Crippen LogP contribution in [0.4, 0.5) is 13.2 Å². The van der Waals surface area contributed by atoms with E-state index in [-0.39, 0.29) is 11.4 Å². The molecular formula is C12H7BrF3NO2S. The lowest BCUT2D eigenvalue weighted by molar-refractivity contribution is -0.141. The van der Waals surface area contributed by atoms with E-state index in [0.717, 1.165) is 10.0 Å². The third kappa shape index (κ3) is 3.18. The molecule has 0 saturated carbocycles. The Morgan fingerprint density at radius 1 is 1.35 bits per heavy atom. The zero-order valence-corrected chi connectivity index (χ0v) is 12.1. The molecule has 0 aliphatic carbocycles. The first kappa shape index (κ1) is 15.0. The van der Waals surface area contributed by atoms with E-state index in [0.29, 0.717) is 11.3 Å². The first-order valence-corrected chi connectivity index (χ1v) is 6.93. The number of carboxylic acid groups (broad SMARTS) is 1. The fourth-order valence-corrected chi connectivity index (χ4v) is 2.95. The Hall–Kier alpha value is -1.41. The molecule has 1 N–H and O–H groups in total. The molecular weight excluding hydrogens is 359 g/mol. The van der Waals surface area contributed by atoms with E-state index in [1.54, 1.807) is 24.3 Å². The number of aromatic carboxylic acids is 1. The summed E-state index contributed by atoms with van der Waals surface area (Å²) in [6.07, 6.45) is -4.63. The summed E-state index contributed by atoms with van der Waals surface area (Å²) in [5.41, 5.74) is -0.594. The van der Waals surface area contributed by atoms with Crippen molar-refractivity contribution in [2.45, 2.75) is 12.6 Å². The normalized spacial score (nSPS) is 11.6. The molecule has 2 aromatic rings. The van der Waals surface area contributed by atoms with Crippen LogP contribution in [0.15, 0.2) is 28.7 Å². The summed E-state index contributed by atoms with van der Waals surface area (Å²) in [5, 5.41) is 8.94. The summed E-state index contributed by atoms with van der Waals surface area (Å²) in [6, 6.07) is 7.01. The van der Waals surface area contributed by atoms with Crippen LogP contribution < -0.4 is 0 Å². The Labute approximate surface area is 124 Å². The predicted molar refractivity (Wildman–Crippen MR) is 71.0 cm³/mol. The number of nitrogens with zero attached hydrogens (tertiary/aromatic N) is 1. The number of halogens is 4. The molecule has 0 aliphatic rings. The molecule has 1 aromatic heterocycles. The van der Waals surface area contributed by atoms with Gasteiger partial charge in [-0.2, -0.15) is 13.2 Å². The maximum absolute atomic E-state index is 12.7. The Kier molecular flexibility index (Phi) is 4.14. The van der Waals surface area contributed by atoms with Crippen LogP contribution in [-0.2, 0) is 12.6 Å². The molecule has 0 fully saturated rings. The average Bonchev–Trinajstić information content (AvgIpc) is 2.76. The van der Waals surface area contributed by atoms with Crippen molar-refractivity contribution >= 4 is 33.2 Å². The fourth-order valence-electron chi connectivity index (χ4n) is 1.58. The highest BCUT2D eigenvalue weighted by atomic mass is 79.9. The number of rotatable bonds is 3. The molecule has 1 aromatic carbocycles. The minimum atomic E-state index is -4.77. The van der Waals surface area contributed by atoms with Gasteiger partial charge in [0, 0.05) is 10.9 Å². The van der Waals surface area contributed by atoms with Gasteiger partial charge in [-0.25, -0.2) is 9.78 Å². The number of aromatic nitrogens is 1. The lowest BCUT2D eigenvalue weighted by Crippen LogP contribution is -2.11. The first-order valence-electron chi connectivity index (χ1n) is 5.32. The maximum Gasteiger partial charge on any atom is 0.435 e. The van der Waals surface area contributed by atoms with Crippen LogP contribution in [0.1, 0.15) is 25.9 Å². The van der Waals surface area contributed by atoms with Gasteiger partial charge < -0.3 is 5.11 Å². The standard InChI is InChI=1S/C12H7BrF3NO2S/c13-7-4-2-1-3-6(7)5-8-17-10(12(14,15)16)9(20-8)11(18)19/h1-4H,5H2,(H,18,19). The van der Waals surface area contributed by atoms with Gasteiger partial charge >= 0.3 is 12.1 Å². The number of alkyl halides is 3. The van der Waals surface area contributed by atoms with E-state index in [9.17, 15) is 18.0 Å². The molecule has 0 spiro atoms. The Balaban J connectivity index is 2.40. The summed E-state index contributed by atoms with van der Waals surface area (Å²) in [4.78, 5) is 13.5.